The first-order valence-corrected chi connectivity index (χ1v) is 14.2. The maximum Gasteiger partial charge on any atom is 0.309 e. The molecule has 218 valence electrons. The van der Waals surface area contributed by atoms with E-state index in [1.54, 1.807) is 13.0 Å². The molecule has 0 bridgehead atoms. The minimum atomic E-state index is -0.784. The molecule has 0 aliphatic carbocycles. The summed E-state index contributed by atoms with van der Waals surface area (Å²) < 4.78 is 11.1. The van der Waals surface area contributed by atoms with E-state index in [4.69, 9.17) is 9.47 Å². The van der Waals surface area contributed by atoms with E-state index in [-0.39, 0.29) is 43.7 Å². The highest BCUT2D eigenvalue weighted by atomic mass is 16.5. The fourth-order valence-corrected chi connectivity index (χ4v) is 3.38. The van der Waals surface area contributed by atoms with Crippen molar-refractivity contribution < 1.29 is 23.9 Å². The minimum Gasteiger partial charge on any atom is -0.465 e. The topological polar surface area (TPSA) is 81.7 Å². The predicted molar refractivity (Wildman–Crippen MR) is 161 cm³/mol. The molecule has 39 heavy (non-hydrogen) atoms. The van der Waals surface area contributed by atoms with Gasteiger partial charge in [0.25, 0.3) is 0 Å². The van der Waals surface area contributed by atoms with E-state index in [0.717, 1.165) is 38.5 Å². The van der Waals surface area contributed by atoms with Crippen LogP contribution in [0.25, 0.3) is 0 Å². The molecule has 0 rings (SSSR count). The fourth-order valence-electron chi connectivity index (χ4n) is 3.38. The summed E-state index contributed by atoms with van der Waals surface area (Å²) in [5.41, 5.74) is -0.718. The van der Waals surface area contributed by atoms with Crippen LogP contribution in [0.5, 0.6) is 0 Å². The zero-order valence-corrected chi connectivity index (χ0v) is 24.8. The summed E-state index contributed by atoms with van der Waals surface area (Å²) in [6.45, 7) is 9.73. The molecule has 0 aliphatic rings. The molecule has 0 fully saturated rings. The van der Waals surface area contributed by atoms with Crippen LogP contribution in [-0.2, 0) is 23.9 Å². The number of hydrogen-bond acceptors (Lipinski definition) is 5. The zero-order valence-electron chi connectivity index (χ0n) is 24.8. The van der Waals surface area contributed by atoms with Crippen LogP contribution in [0.2, 0.25) is 0 Å². The Bertz CT molecular complexity index is 861. The van der Waals surface area contributed by atoms with Crippen molar-refractivity contribution >= 4 is 17.7 Å². The summed E-state index contributed by atoms with van der Waals surface area (Å²) in [5, 5.41) is 2.73. The first kappa shape index (κ1) is 36.0. The van der Waals surface area contributed by atoms with Crippen LogP contribution >= 0.6 is 0 Å². The van der Waals surface area contributed by atoms with Gasteiger partial charge in [-0.3, -0.25) is 14.4 Å². The number of ether oxygens (including phenoxy) is 2. The van der Waals surface area contributed by atoms with Crippen molar-refractivity contribution in [1.29, 1.82) is 0 Å². The molecule has 1 N–H and O–H groups in total. The number of amides is 1. The third kappa shape index (κ3) is 21.6. The van der Waals surface area contributed by atoms with Gasteiger partial charge in [-0.05, 0) is 52.4 Å². The average Bonchev–Trinajstić information content (AvgIpc) is 2.89. The Morgan fingerprint density at radius 1 is 0.744 bits per heavy atom. The van der Waals surface area contributed by atoms with Crippen molar-refractivity contribution in [3.63, 3.8) is 0 Å². The van der Waals surface area contributed by atoms with Crippen molar-refractivity contribution in [2.45, 2.75) is 92.1 Å². The molecule has 0 saturated carbocycles. The molecule has 0 spiro atoms. The molecule has 0 radical (unpaired) electrons. The summed E-state index contributed by atoms with van der Waals surface area (Å²) in [4.78, 5) is 35.8. The molecular formula is C33H51NO5. The van der Waals surface area contributed by atoms with Crippen molar-refractivity contribution in [3.05, 3.63) is 72.9 Å². The van der Waals surface area contributed by atoms with Gasteiger partial charge in [-0.2, -0.15) is 0 Å². The molecule has 0 saturated heterocycles. The van der Waals surface area contributed by atoms with Crippen molar-refractivity contribution in [1.82, 2.24) is 5.32 Å². The van der Waals surface area contributed by atoms with Crippen LogP contribution in [0.4, 0.5) is 0 Å². The summed E-state index contributed by atoms with van der Waals surface area (Å²) in [5.74, 6) is -0.655. The highest BCUT2D eigenvalue weighted by Gasteiger charge is 2.37. The molecule has 6 nitrogen and oxygen atoms in total. The number of esters is 1. The van der Waals surface area contributed by atoms with Crippen molar-refractivity contribution in [2.24, 2.45) is 5.41 Å². The van der Waals surface area contributed by atoms with E-state index in [9.17, 15) is 14.4 Å². The van der Waals surface area contributed by atoms with Crippen LogP contribution in [0, 0.1) is 5.41 Å². The molecular weight excluding hydrogens is 490 g/mol. The lowest BCUT2D eigenvalue weighted by Gasteiger charge is -2.32. The van der Waals surface area contributed by atoms with Crippen LogP contribution in [0.15, 0.2) is 72.9 Å². The maximum atomic E-state index is 12.5. The Morgan fingerprint density at radius 2 is 1.21 bits per heavy atom. The first-order chi connectivity index (χ1) is 18.7. The third-order valence-electron chi connectivity index (χ3n) is 5.54. The second-order valence-corrected chi connectivity index (χ2v) is 9.85. The summed E-state index contributed by atoms with van der Waals surface area (Å²) >= 11 is 0. The van der Waals surface area contributed by atoms with Gasteiger partial charge >= 0.3 is 5.97 Å². The Kier molecular flexibility index (Phi) is 22.2. The molecule has 1 atom stereocenters. The van der Waals surface area contributed by atoms with Gasteiger partial charge in [-0.15, -0.1) is 0 Å². The molecule has 0 aromatic rings. The highest BCUT2D eigenvalue weighted by Crippen LogP contribution is 2.24. The average molecular weight is 542 g/mol. The number of carbonyl (C=O) groups is 3. The van der Waals surface area contributed by atoms with Crippen LogP contribution < -0.4 is 5.32 Å². The first-order valence-electron chi connectivity index (χ1n) is 14.2. The van der Waals surface area contributed by atoms with Gasteiger partial charge in [0.2, 0.25) is 5.91 Å². The lowest BCUT2D eigenvalue weighted by Crippen LogP contribution is -2.48. The molecule has 0 aliphatic heterocycles. The lowest BCUT2D eigenvalue weighted by molar-refractivity contribution is -0.156. The van der Waals surface area contributed by atoms with Gasteiger partial charge in [0.15, 0.2) is 0 Å². The SMILES string of the molecule is CC/C=C\C/C=C\C/C=C\C/C=C\C/C=C\C/C=C\CC(=O)OCC(C)(C)[C@@H](OCC)C(=O)NCCC(C)=O. The highest BCUT2D eigenvalue weighted by molar-refractivity contribution is 5.82. The number of ketones is 1. The van der Waals surface area contributed by atoms with Crippen LogP contribution in [0.1, 0.15) is 86.0 Å². The standard InChI is InChI=1S/C33H51NO5/c1-6-8-9-10-11-12-13-14-15-16-17-18-19-20-21-22-23-24-25-30(36)39-28-33(4,5)31(38-7-2)32(37)34-27-26-29(3)35/h8-9,11-12,14-15,17-18,20-21,23-24,31H,6-7,10,13,16,19,22,25-28H2,1-5H3,(H,34,37)/b9-8-,12-11-,15-14-,18-17-,21-20-,24-23-/t31-/m0/s1. The van der Waals surface area contributed by atoms with Crippen LogP contribution in [-0.4, -0.2) is 43.5 Å². The quantitative estimate of drug-likeness (QED) is 0.116. The number of nitrogens with one attached hydrogen (secondary N) is 1. The Morgan fingerprint density at radius 3 is 1.64 bits per heavy atom. The summed E-state index contributed by atoms with van der Waals surface area (Å²) in [6, 6.07) is 0. The maximum absolute atomic E-state index is 12.5. The normalized spacial score (nSPS) is 13.6. The second-order valence-electron chi connectivity index (χ2n) is 9.85. The van der Waals surface area contributed by atoms with Crippen molar-refractivity contribution in [3.8, 4) is 0 Å². The number of allylic oxidation sites excluding steroid dienone is 11. The van der Waals surface area contributed by atoms with Crippen molar-refractivity contribution in [2.75, 3.05) is 19.8 Å². The summed E-state index contributed by atoms with van der Waals surface area (Å²) in [7, 11) is 0. The van der Waals surface area contributed by atoms with E-state index >= 15 is 0 Å². The molecule has 0 heterocycles. The molecule has 1 amide bonds. The summed E-state index contributed by atoms with van der Waals surface area (Å²) in [6.07, 6.45) is 30.6. The third-order valence-corrected chi connectivity index (χ3v) is 5.54. The van der Waals surface area contributed by atoms with Gasteiger partial charge < -0.3 is 14.8 Å². The largest absolute Gasteiger partial charge is 0.465 e. The lowest BCUT2D eigenvalue weighted by atomic mass is 9.86. The Hall–Kier alpha value is -2.99. The van der Waals surface area contributed by atoms with E-state index < -0.39 is 11.5 Å². The van der Waals surface area contributed by atoms with E-state index in [1.165, 1.54) is 6.92 Å². The molecule has 6 heteroatoms. The van der Waals surface area contributed by atoms with Gasteiger partial charge in [0.05, 0.1) is 13.0 Å². The Labute approximate surface area is 237 Å². The predicted octanol–water partition coefficient (Wildman–Crippen LogP) is 7.14. The minimum absolute atomic E-state index is 0.00542. The van der Waals surface area contributed by atoms with E-state index in [0.29, 0.717) is 6.61 Å². The van der Waals surface area contributed by atoms with Crippen LogP contribution in [0.3, 0.4) is 0 Å². The smallest absolute Gasteiger partial charge is 0.309 e. The number of Topliss-reactive ketones (excluding diaryl/α,β-unsaturated/α-hetero) is 1. The number of rotatable bonds is 22. The number of carbonyl (C=O) groups excluding carboxylic acids is 3. The van der Waals surface area contributed by atoms with E-state index in [2.05, 4.69) is 73.0 Å². The van der Waals surface area contributed by atoms with Gasteiger partial charge in [-0.25, -0.2) is 0 Å². The fraction of sp³-hybridized carbons (Fsp3) is 0.545. The molecule has 0 aromatic heterocycles. The number of hydrogen-bond donors (Lipinski definition) is 1. The molecule has 0 unspecified atom stereocenters. The second kappa shape index (κ2) is 24.1. The van der Waals surface area contributed by atoms with Gasteiger partial charge in [-0.1, -0.05) is 93.7 Å². The monoisotopic (exact) mass is 541 g/mol. The van der Waals surface area contributed by atoms with Gasteiger partial charge in [0.1, 0.15) is 11.9 Å². The zero-order chi connectivity index (χ0) is 29.2. The van der Waals surface area contributed by atoms with Gasteiger partial charge in [0, 0.05) is 25.0 Å². The molecule has 0 aromatic carbocycles. The van der Waals surface area contributed by atoms with E-state index in [1.807, 2.05) is 19.9 Å². The Balaban J connectivity index is 4.17.